The van der Waals surface area contributed by atoms with Crippen molar-refractivity contribution in [3.05, 3.63) is 82.9 Å². The van der Waals surface area contributed by atoms with Crippen molar-refractivity contribution in [3.8, 4) is 11.5 Å². The Bertz CT molecular complexity index is 1110. The van der Waals surface area contributed by atoms with Gasteiger partial charge >= 0.3 is 10.1 Å². The van der Waals surface area contributed by atoms with Crippen LogP contribution in [0.1, 0.15) is 11.1 Å². The van der Waals surface area contributed by atoms with Crippen LogP contribution in [0, 0.1) is 6.92 Å². The van der Waals surface area contributed by atoms with Gasteiger partial charge in [-0.25, -0.2) is 0 Å². The molecule has 3 aromatic rings. The molecule has 5 nitrogen and oxygen atoms in total. The molecule has 28 heavy (non-hydrogen) atoms. The molecule has 0 aliphatic rings. The van der Waals surface area contributed by atoms with Gasteiger partial charge in [0.05, 0.1) is 12.8 Å². The number of hydrogen-bond acceptors (Lipinski definition) is 5. The number of halogens is 1. The Labute approximate surface area is 169 Å². The fraction of sp³-hybridized carbons (Fsp3) is 0.0952. The lowest BCUT2D eigenvalue weighted by Gasteiger charge is -2.11. The third kappa shape index (κ3) is 4.52. The Hall–Kier alpha value is -2.83. The summed E-state index contributed by atoms with van der Waals surface area (Å²) < 4.78 is 35.4. The zero-order valence-electron chi connectivity index (χ0n) is 15.3. The monoisotopic (exact) mass is 415 g/mol. The number of aliphatic imine (C=N–C) groups is 1. The molecule has 0 radical (unpaired) electrons. The van der Waals surface area contributed by atoms with Gasteiger partial charge in [0.25, 0.3) is 0 Å². The van der Waals surface area contributed by atoms with Gasteiger partial charge in [-0.15, -0.1) is 0 Å². The summed E-state index contributed by atoms with van der Waals surface area (Å²) in [4.78, 5) is 4.51. The molecule has 0 aliphatic heterocycles. The van der Waals surface area contributed by atoms with Gasteiger partial charge < -0.3 is 8.92 Å². The van der Waals surface area contributed by atoms with Crippen molar-refractivity contribution in [3.63, 3.8) is 0 Å². The van der Waals surface area contributed by atoms with Crippen molar-refractivity contribution in [2.24, 2.45) is 4.99 Å². The maximum atomic E-state index is 12.4. The molecule has 0 aromatic heterocycles. The highest BCUT2D eigenvalue weighted by Crippen LogP contribution is 2.31. The normalized spacial score (nSPS) is 11.5. The van der Waals surface area contributed by atoms with Crippen LogP contribution in [0.2, 0.25) is 5.02 Å². The Morgan fingerprint density at radius 3 is 2.43 bits per heavy atom. The highest BCUT2D eigenvalue weighted by atomic mass is 35.5. The van der Waals surface area contributed by atoms with Gasteiger partial charge in [0.1, 0.15) is 4.90 Å². The van der Waals surface area contributed by atoms with E-state index in [9.17, 15) is 8.42 Å². The van der Waals surface area contributed by atoms with Crippen molar-refractivity contribution in [2.45, 2.75) is 11.8 Å². The van der Waals surface area contributed by atoms with E-state index in [1.54, 1.807) is 42.6 Å². The number of hydrogen-bond donors (Lipinski definition) is 0. The Morgan fingerprint density at radius 1 is 0.964 bits per heavy atom. The Kier molecular flexibility index (Phi) is 6.02. The van der Waals surface area contributed by atoms with Gasteiger partial charge in [-0.2, -0.15) is 8.42 Å². The maximum Gasteiger partial charge on any atom is 0.339 e. The van der Waals surface area contributed by atoms with Gasteiger partial charge in [0.15, 0.2) is 11.5 Å². The van der Waals surface area contributed by atoms with E-state index >= 15 is 0 Å². The molecule has 0 aliphatic carbocycles. The first-order valence-corrected chi connectivity index (χ1v) is 10.2. The molecule has 0 bridgehead atoms. The summed E-state index contributed by atoms with van der Waals surface area (Å²) in [7, 11) is -2.51. The van der Waals surface area contributed by atoms with Crippen molar-refractivity contribution in [1.29, 1.82) is 0 Å². The summed E-state index contributed by atoms with van der Waals surface area (Å²) in [5.41, 5.74) is 2.35. The number of ether oxygens (including phenoxy) is 1. The lowest BCUT2D eigenvalue weighted by Crippen LogP contribution is -2.10. The third-order valence-corrected chi connectivity index (χ3v) is 5.67. The molecule has 0 fully saturated rings. The minimum Gasteiger partial charge on any atom is -0.493 e. The molecular formula is C21H18ClNO4S. The van der Waals surface area contributed by atoms with Crippen LogP contribution in [-0.2, 0) is 10.1 Å². The molecule has 144 valence electrons. The second-order valence-electron chi connectivity index (χ2n) is 5.90. The molecule has 0 saturated carbocycles. The fourth-order valence-corrected chi connectivity index (χ4v) is 3.60. The number of benzene rings is 3. The maximum absolute atomic E-state index is 12.4. The smallest absolute Gasteiger partial charge is 0.339 e. The van der Waals surface area contributed by atoms with Gasteiger partial charge in [-0.3, -0.25) is 4.99 Å². The van der Waals surface area contributed by atoms with E-state index in [1.807, 2.05) is 19.1 Å². The van der Waals surface area contributed by atoms with Crippen LogP contribution in [0.4, 0.5) is 5.69 Å². The lowest BCUT2D eigenvalue weighted by atomic mass is 10.2. The topological polar surface area (TPSA) is 65.0 Å². The minimum atomic E-state index is -3.95. The molecule has 0 atom stereocenters. The van der Waals surface area contributed by atoms with Gasteiger partial charge in [-0.1, -0.05) is 35.9 Å². The molecule has 0 spiro atoms. The summed E-state index contributed by atoms with van der Waals surface area (Å²) in [5, 5.41) is 0.641. The van der Waals surface area contributed by atoms with E-state index < -0.39 is 10.1 Å². The zero-order valence-corrected chi connectivity index (χ0v) is 16.9. The van der Waals surface area contributed by atoms with Gasteiger partial charge in [-0.05, 0) is 60.5 Å². The van der Waals surface area contributed by atoms with Crippen LogP contribution in [0.3, 0.4) is 0 Å². The van der Waals surface area contributed by atoms with Gasteiger partial charge in [0, 0.05) is 11.2 Å². The molecule has 0 saturated heterocycles. The van der Waals surface area contributed by atoms with E-state index in [1.165, 1.54) is 25.3 Å². The second kappa shape index (κ2) is 8.46. The lowest BCUT2D eigenvalue weighted by molar-refractivity contribution is 0.390. The molecule has 0 amide bonds. The second-order valence-corrected chi connectivity index (χ2v) is 7.86. The summed E-state index contributed by atoms with van der Waals surface area (Å²) in [6.45, 7) is 1.89. The van der Waals surface area contributed by atoms with Crippen molar-refractivity contribution >= 4 is 33.6 Å². The van der Waals surface area contributed by atoms with E-state index in [0.29, 0.717) is 5.02 Å². The van der Waals surface area contributed by atoms with Crippen LogP contribution in [0.25, 0.3) is 0 Å². The van der Waals surface area contributed by atoms with Crippen LogP contribution >= 0.6 is 11.6 Å². The predicted octanol–water partition coefficient (Wildman–Crippen LogP) is 5.18. The third-order valence-electron chi connectivity index (χ3n) is 4.01. The number of rotatable bonds is 6. The van der Waals surface area contributed by atoms with Crippen molar-refractivity contribution < 1.29 is 17.3 Å². The molecule has 3 rings (SSSR count). The minimum absolute atomic E-state index is 0.0686. The SMILES string of the molecule is COc1cc(C=Nc2cccc(Cl)c2C)ccc1OS(=O)(=O)c1ccccc1. The van der Waals surface area contributed by atoms with Crippen LogP contribution in [-0.4, -0.2) is 21.7 Å². The molecule has 3 aromatic carbocycles. The Morgan fingerprint density at radius 2 is 1.71 bits per heavy atom. The fourth-order valence-electron chi connectivity index (χ4n) is 2.47. The van der Waals surface area contributed by atoms with Crippen LogP contribution in [0.15, 0.2) is 76.6 Å². The van der Waals surface area contributed by atoms with Gasteiger partial charge in [0.2, 0.25) is 0 Å². The predicted molar refractivity (Wildman–Crippen MR) is 111 cm³/mol. The molecule has 7 heteroatoms. The van der Waals surface area contributed by atoms with E-state index in [4.69, 9.17) is 20.5 Å². The van der Waals surface area contributed by atoms with Crippen molar-refractivity contribution in [1.82, 2.24) is 0 Å². The van der Waals surface area contributed by atoms with Crippen LogP contribution in [0.5, 0.6) is 11.5 Å². The first-order chi connectivity index (χ1) is 13.4. The summed E-state index contributed by atoms with van der Waals surface area (Å²) in [6.07, 6.45) is 1.65. The highest BCUT2D eigenvalue weighted by Gasteiger charge is 2.18. The quantitative estimate of drug-likeness (QED) is 0.411. The zero-order chi connectivity index (χ0) is 20.1. The van der Waals surface area contributed by atoms with E-state index in [-0.39, 0.29) is 16.4 Å². The summed E-state index contributed by atoms with van der Waals surface area (Å²) in [6, 6.07) is 18.3. The molecule has 0 heterocycles. The van der Waals surface area contributed by atoms with E-state index in [0.717, 1.165) is 16.8 Å². The van der Waals surface area contributed by atoms with Crippen LogP contribution < -0.4 is 8.92 Å². The number of methoxy groups -OCH3 is 1. The standard InChI is InChI=1S/C21H18ClNO4S/c1-15-18(22)9-6-10-19(15)23-14-16-11-12-20(21(13-16)26-2)27-28(24,25)17-7-4-3-5-8-17/h3-14H,1-2H3. The summed E-state index contributed by atoms with van der Waals surface area (Å²) in [5.74, 6) is 0.383. The average Bonchev–Trinajstić information content (AvgIpc) is 2.70. The van der Waals surface area contributed by atoms with Crippen molar-refractivity contribution in [2.75, 3.05) is 7.11 Å². The van der Waals surface area contributed by atoms with E-state index in [2.05, 4.69) is 4.99 Å². The number of nitrogens with zero attached hydrogens (tertiary/aromatic N) is 1. The molecule has 0 unspecified atom stereocenters. The first kappa shape index (κ1) is 19.9. The highest BCUT2D eigenvalue weighted by molar-refractivity contribution is 7.87. The largest absolute Gasteiger partial charge is 0.493 e. The first-order valence-electron chi connectivity index (χ1n) is 8.37. The molecular weight excluding hydrogens is 398 g/mol. The average molecular weight is 416 g/mol. The Balaban J connectivity index is 1.87. The summed E-state index contributed by atoms with van der Waals surface area (Å²) >= 11 is 6.11. The molecule has 0 N–H and O–H groups in total.